The molecular weight excluding hydrogens is 428 g/mol. The van der Waals surface area contributed by atoms with E-state index >= 15 is 0 Å². The van der Waals surface area contributed by atoms with E-state index in [2.05, 4.69) is 0 Å². The molecule has 0 amide bonds. The van der Waals surface area contributed by atoms with Crippen molar-refractivity contribution in [2.75, 3.05) is 7.11 Å². The number of rotatable bonds is 1. The molecule has 32 heavy (non-hydrogen) atoms. The van der Waals surface area contributed by atoms with E-state index in [1.165, 1.54) is 14.0 Å². The zero-order chi connectivity index (χ0) is 23.4. The van der Waals surface area contributed by atoms with E-state index < -0.39 is 94.0 Å². The van der Waals surface area contributed by atoms with Gasteiger partial charge in [-0.05, 0) is 12.3 Å². The Morgan fingerprint density at radius 3 is 2.25 bits per heavy atom. The van der Waals surface area contributed by atoms with Crippen molar-refractivity contribution < 1.29 is 53.4 Å². The number of carbonyl (C=O) groups excluding carboxylic acids is 3. The number of aliphatic hydroxyl groups is 3. The van der Waals surface area contributed by atoms with Gasteiger partial charge in [0.05, 0.1) is 22.9 Å². The van der Waals surface area contributed by atoms with E-state index in [0.717, 1.165) is 0 Å². The number of hydrogen-bond donors (Lipinski definition) is 3. The Morgan fingerprint density at radius 2 is 1.66 bits per heavy atom. The van der Waals surface area contributed by atoms with Crippen LogP contribution in [0.2, 0.25) is 0 Å². The normalized spacial score (nSPS) is 59.4. The molecule has 6 rings (SSSR count). The van der Waals surface area contributed by atoms with Crippen LogP contribution < -0.4 is 0 Å². The zero-order valence-electron chi connectivity index (χ0n) is 18.2. The molecule has 2 aliphatic carbocycles. The van der Waals surface area contributed by atoms with Crippen LogP contribution in [0.4, 0.5) is 0 Å². The van der Waals surface area contributed by atoms with Gasteiger partial charge in [-0.3, -0.25) is 4.79 Å². The van der Waals surface area contributed by atoms with E-state index in [1.54, 1.807) is 0 Å². The van der Waals surface area contributed by atoms with E-state index in [1.807, 2.05) is 20.8 Å². The van der Waals surface area contributed by atoms with Crippen molar-refractivity contribution in [3.8, 4) is 0 Å². The van der Waals surface area contributed by atoms with E-state index in [0.29, 0.717) is 0 Å². The molecule has 176 valence electrons. The van der Waals surface area contributed by atoms with Crippen LogP contribution in [0.5, 0.6) is 0 Å². The smallest absolute Gasteiger partial charge is 0.343 e. The number of aliphatic hydroxyl groups excluding tert-OH is 2. The lowest BCUT2D eigenvalue weighted by Crippen LogP contribution is -2.67. The summed E-state index contributed by atoms with van der Waals surface area (Å²) in [6, 6.07) is 0. The third kappa shape index (κ3) is 1.49. The molecule has 12 atom stereocenters. The summed E-state index contributed by atoms with van der Waals surface area (Å²) in [6.45, 7) is 6.88. The van der Waals surface area contributed by atoms with Crippen molar-refractivity contribution in [3.05, 3.63) is 0 Å². The van der Waals surface area contributed by atoms with Crippen LogP contribution in [0.1, 0.15) is 27.7 Å². The van der Waals surface area contributed by atoms with Crippen molar-refractivity contribution in [1.29, 1.82) is 0 Å². The number of esters is 3. The minimum absolute atomic E-state index is 0.713. The first-order valence-corrected chi connectivity index (χ1v) is 10.7. The SMILES string of the molecule is CO[C@H]1C(=O)O[C@H]2O[C@]34C(=O)OC5[C@H](O)[C@@H](C(C)(C)C)C21C53[C@@H](O)C1OC(=O)[C@@H](C)[C@@]14O. The summed E-state index contributed by atoms with van der Waals surface area (Å²) in [5.74, 6) is -4.70. The van der Waals surface area contributed by atoms with E-state index in [4.69, 9.17) is 23.7 Å². The second-order valence-corrected chi connectivity index (χ2v) is 11.0. The number of fused-ring (bicyclic) bond motifs is 1. The summed E-state index contributed by atoms with van der Waals surface area (Å²) >= 11 is 0. The summed E-state index contributed by atoms with van der Waals surface area (Å²) in [5, 5.41) is 35.3. The molecule has 4 aliphatic heterocycles. The molecular formula is C21H26O11. The van der Waals surface area contributed by atoms with Gasteiger partial charge in [-0.1, -0.05) is 20.8 Å². The van der Waals surface area contributed by atoms with Gasteiger partial charge in [0.1, 0.15) is 12.2 Å². The number of hydrogen-bond acceptors (Lipinski definition) is 11. The summed E-state index contributed by atoms with van der Waals surface area (Å²) in [6.07, 6.45) is -8.71. The van der Waals surface area contributed by atoms with Crippen molar-refractivity contribution in [1.82, 2.24) is 0 Å². The second-order valence-electron chi connectivity index (χ2n) is 11.0. The van der Waals surface area contributed by atoms with Gasteiger partial charge in [0.15, 0.2) is 17.8 Å². The summed E-state index contributed by atoms with van der Waals surface area (Å²) < 4.78 is 28.3. The minimum atomic E-state index is -2.32. The van der Waals surface area contributed by atoms with Gasteiger partial charge in [0.25, 0.3) is 0 Å². The Hall–Kier alpha value is -1.79. The lowest BCUT2D eigenvalue weighted by atomic mass is 9.51. The largest absolute Gasteiger partial charge is 0.456 e. The van der Waals surface area contributed by atoms with Crippen LogP contribution in [-0.4, -0.2) is 88.3 Å². The molecule has 3 N–H and O–H groups in total. The first-order valence-electron chi connectivity index (χ1n) is 10.7. The van der Waals surface area contributed by atoms with Gasteiger partial charge in [-0.25, -0.2) is 9.59 Å². The zero-order valence-corrected chi connectivity index (χ0v) is 18.2. The van der Waals surface area contributed by atoms with Crippen LogP contribution in [0.3, 0.4) is 0 Å². The molecule has 6 fully saturated rings. The standard InChI is InChI=1S/C21H26O11/c1-6-13(24)29-11-9(23)19-10-7(22)8(17(2,3)4)18(19)12(28-5)14(25)31-16(18)32-21(19,15(26)30-10)20(6,11)27/h6-12,16,22-23,27H,1-5H3/t6-,7-,8+,9+,10?,11?,12+,16+,18?,19?,20-,21-/m1/s1. The molecule has 11 heteroatoms. The lowest BCUT2D eigenvalue weighted by Gasteiger charge is -2.48. The number of ether oxygens (including phenoxy) is 5. The third-order valence-corrected chi connectivity index (χ3v) is 9.16. The monoisotopic (exact) mass is 454 g/mol. The van der Waals surface area contributed by atoms with Gasteiger partial charge in [0.2, 0.25) is 11.9 Å². The number of carbonyl (C=O) groups is 3. The van der Waals surface area contributed by atoms with Crippen molar-refractivity contribution in [3.63, 3.8) is 0 Å². The lowest BCUT2D eigenvalue weighted by molar-refractivity contribution is -0.240. The molecule has 6 aliphatic rings. The molecule has 0 aromatic carbocycles. The van der Waals surface area contributed by atoms with Gasteiger partial charge in [0, 0.05) is 13.0 Å². The maximum absolute atomic E-state index is 13.5. The number of methoxy groups -OCH3 is 1. The van der Waals surface area contributed by atoms with Gasteiger partial charge >= 0.3 is 17.9 Å². The fourth-order valence-electron chi connectivity index (χ4n) is 8.53. The van der Waals surface area contributed by atoms with Crippen LogP contribution >= 0.6 is 0 Å². The molecule has 4 unspecified atom stereocenters. The highest BCUT2D eigenvalue weighted by Crippen LogP contribution is 2.84. The van der Waals surface area contributed by atoms with Gasteiger partial charge in [-0.2, -0.15) is 0 Å². The molecule has 2 saturated carbocycles. The second kappa shape index (κ2) is 5.30. The first kappa shape index (κ1) is 20.8. The van der Waals surface area contributed by atoms with Gasteiger partial charge in [-0.15, -0.1) is 0 Å². The highest BCUT2D eigenvalue weighted by atomic mass is 16.8. The van der Waals surface area contributed by atoms with Crippen molar-refractivity contribution in [2.45, 2.75) is 75.7 Å². The fourth-order valence-corrected chi connectivity index (χ4v) is 8.53. The molecule has 0 radical (unpaired) electrons. The van der Waals surface area contributed by atoms with Crippen LogP contribution in [0.25, 0.3) is 0 Å². The molecule has 11 nitrogen and oxygen atoms in total. The summed E-state index contributed by atoms with van der Waals surface area (Å²) in [5.41, 5.74) is -8.83. The predicted octanol–water partition coefficient (Wildman–Crippen LogP) is -1.74. The van der Waals surface area contributed by atoms with Gasteiger partial charge < -0.3 is 39.0 Å². The quantitative estimate of drug-likeness (QED) is 0.305. The Morgan fingerprint density at radius 1 is 1.00 bits per heavy atom. The van der Waals surface area contributed by atoms with Crippen molar-refractivity contribution >= 4 is 17.9 Å². The Balaban J connectivity index is 1.75. The highest BCUT2D eigenvalue weighted by Gasteiger charge is 3.05. The minimum Gasteiger partial charge on any atom is -0.456 e. The topological polar surface area (TPSA) is 158 Å². The Labute approximate surface area is 182 Å². The molecule has 4 saturated heterocycles. The molecule has 4 heterocycles. The molecule has 0 aromatic rings. The average molecular weight is 454 g/mol. The van der Waals surface area contributed by atoms with Crippen LogP contribution in [0, 0.1) is 28.1 Å². The average Bonchev–Trinajstić information content (AvgIpc) is 3.38. The van der Waals surface area contributed by atoms with E-state index in [-0.39, 0.29) is 0 Å². The third-order valence-electron chi connectivity index (χ3n) is 9.16. The van der Waals surface area contributed by atoms with E-state index in [9.17, 15) is 29.7 Å². The summed E-state index contributed by atoms with van der Waals surface area (Å²) in [7, 11) is 1.29. The predicted molar refractivity (Wildman–Crippen MR) is 98.2 cm³/mol. The first-order chi connectivity index (χ1) is 14.8. The maximum Gasteiger partial charge on any atom is 0.343 e. The van der Waals surface area contributed by atoms with Crippen LogP contribution in [-0.2, 0) is 38.1 Å². The maximum atomic E-state index is 13.5. The Bertz CT molecular complexity index is 973. The Kier molecular flexibility index (Phi) is 3.45. The van der Waals surface area contributed by atoms with Crippen molar-refractivity contribution in [2.24, 2.45) is 28.1 Å². The molecule has 0 bridgehead atoms. The molecule has 2 spiro atoms. The highest BCUT2D eigenvalue weighted by molar-refractivity contribution is 5.94. The van der Waals surface area contributed by atoms with Crippen LogP contribution in [0.15, 0.2) is 0 Å². The molecule has 0 aromatic heterocycles. The fraction of sp³-hybridized carbons (Fsp3) is 0.857. The summed E-state index contributed by atoms with van der Waals surface area (Å²) in [4.78, 5) is 38.9.